The third kappa shape index (κ3) is 4.87. The lowest BCUT2D eigenvalue weighted by Gasteiger charge is -2.20. The minimum Gasteiger partial charge on any atom is -0.486 e. The van der Waals surface area contributed by atoms with E-state index in [2.05, 4.69) is 5.32 Å². The Labute approximate surface area is 156 Å². The van der Waals surface area contributed by atoms with Crippen LogP contribution in [-0.4, -0.2) is 27.5 Å². The number of rotatable bonds is 5. The third-order valence-electron chi connectivity index (χ3n) is 3.63. The summed E-state index contributed by atoms with van der Waals surface area (Å²) in [5.41, 5.74) is 1.79. The van der Waals surface area contributed by atoms with Crippen LogP contribution >= 0.6 is 11.6 Å². The first kappa shape index (κ1) is 18.5. The smallest absolute Gasteiger partial charge is 0.228 e. The van der Waals surface area contributed by atoms with E-state index in [1.54, 1.807) is 36.4 Å². The summed E-state index contributed by atoms with van der Waals surface area (Å²) >= 11 is 6.17. The van der Waals surface area contributed by atoms with Gasteiger partial charge in [0.2, 0.25) is 15.9 Å². The molecule has 9 heteroatoms. The molecule has 0 saturated carbocycles. The van der Waals surface area contributed by atoms with Gasteiger partial charge >= 0.3 is 0 Å². The van der Waals surface area contributed by atoms with E-state index in [-0.39, 0.29) is 18.1 Å². The Morgan fingerprint density at radius 2 is 1.81 bits per heavy atom. The number of ether oxygens (including phenoxy) is 2. The molecule has 0 bridgehead atoms. The van der Waals surface area contributed by atoms with Crippen molar-refractivity contribution >= 4 is 33.2 Å². The van der Waals surface area contributed by atoms with Crippen LogP contribution < -0.4 is 19.9 Å². The van der Waals surface area contributed by atoms with Gasteiger partial charge in [-0.05, 0) is 35.4 Å². The van der Waals surface area contributed by atoms with Crippen molar-refractivity contribution in [3.63, 3.8) is 0 Å². The van der Waals surface area contributed by atoms with Crippen LogP contribution in [0.4, 0.5) is 5.69 Å². The fourth-order valence-corrected chi connectivity index (χ4v) is 3.52. The van der Waals surface area contributed by atoms with Crippen LogP contribution in [0.1, 0.15) is 11.1 Å². The van der Waals surface area contributed by atoms with E-state index >= 15 is 0 Å². The van der Waals surface area contributed by atoms with Crippen molar-refractivity contribution in [1.82, 2.24) is 0 Å². The summed E-state index contributed by atoms with van der Waals surface area (Å²) in [4.78, 5) is 12.2. The molecule has 0 spiro atoms. The molecule has 0 unspecified atom stereocenters. The summed E-state index contributed by atoms with van der Waals surface area (Å²) in [5, 5.41) is 8.15. The van der Waals surface area contributed by atoms with E-state index in [0.717, 1.165) is 0 Å². The first-order valence-corrected chi connectivity index (χ1v) is 9.87. The summed E-state index contributed by atoms with van der Waals surface area (Å²) in [5.74, 6) is 0.528. The Bertz CT molecular complexity index is 929. The van der Waals surface area contributed by atoms with Gasteiger partial charge in [0.1, 0.15) is 13.2 Å². The molecule has 0 aliphatic carbocycles. The lowest BCUT2D eigenvalue weighted by Crippen LogP contribution is -2.17. The Hall–Kier alpha value is -2.29. The van der Waals surface area contributed by atoms with Crippen LogP contribution in [0.25, 0.3) is 0 Å². The van der Waals surface area contributed by atoms with Crippen LogP contribution in [0, 0.1) is 0 Å². The van der Waals surface area contributed by atoms with Gasteiger partial charge in [-0.25, -0.2) is 13.6 Å². The van der Waals surface area contributed by atoms with E-state index < -0.39 is 10.0 Å². The van der Waals surface area contributed by atoms with Gasteiger partial charge in [-0.2, -0.15) is 0 Å². The molecule has 1 heterocycles. The quantitative estimate of drug-likeness (QED) is 0.804. The van der Waals surface area contributed by atoms with Gasteiger partial charge in [-0.15, -0.1) is 0 Å². The molecule has 1 aliphatic rings. The number of fused-ring (bicyclic) bond motifs is 1. The second kappa shape index (κ2) is 7.53. The molecule has 2 aromatic rings. The summed E-state index contributed by atoms with van der Waals surface area (Å²) in [6.45, 7) is 0.873. The van der Waals surface area contributed by atoms with Crippen molar-refractivity contribution in [2.45, 2.75) is 12.2 Å². The average molecular weight is 397 g/mol. The minimum atomic E-state index is -3.59. The zero-order valence-electron chi connectivity index (χ0n) is 13.7. The summed E-state index contributed by atoms with van der Waals surface area (Å²) in [6, 6.07) is 9.84. The molecule has 1 aliphatic heterocycles. The number of carbonyl (C=O) groups is 1. The highest BCUT2D eigenvalue weighted by molar-refractivity contribution is 7.88. The van der Waals surface area contributed by atoms with Gasteiger partial charge in [0.05, 0.1) is 17.2 Å². The predicted molar refractivity (Wildman–Crippen MR) is 98.0 cm³/mol. The number of hydrogen-bond donors (Lipinski definition) is 2. The predicted octanol–water partition coefficient (Wildman–Crippen LogP) is 2.08. The molecule has 2 aromatic carbocycles. The van der Waals surface area contributed by atoms with Gasteiger partial charge in [-0.1, -0.05) is 23.7 Å². The first-order valence-electron chi connectivity index (χ1n) is 7.77. The standard InChI is InChI=1S/C17H17ClN2O5S/c18-14-7-12(8-15-17(14)25-6-5-24-15)9-16(21)20-13-3-1-11(2-4-13)10-26(19,22)23/h1-4,7-8H,5-6,9-10H2,(H,20,21)(H2,19,22,23). The Morgan fingerprint density at radius 3 is 2.50 bits per heavy atom. The van der Waals surface area contributed by atoms with Crippen LogP contribution in [0.15, 0.2) is 36.4 Å². The SMILES string of the molecule is NS(=O)(=O)Cc1ccc(NC(=O)Cc2cc(Cl)c3c(c2)OCCO3)cc1. The van der Waals surface area contributed by atoms with Gasteiger partial charge < -0.3 is 14.8 Å². The number of primary sulfonamides is 1. The average Bonchev–Trinajstić information content (AvgIpc) is 2.55. The second-order valence-corrected chi connectivity index (χ2v) is 7.85. The molecule has 0 radical (unpaired) electrons. The van der Waals surface area contributed by atoms with Crippen LogP contribution in [0.5, 0.6) is 11.5 Å². The topological polar surface area (TPSA) is 108 Å². The number of amides is 1. The molecule has 138 valence electrons. The van der Waals surface area contributed by atoms with E-state index in [9.17, 15) is 13.2 Å². The zero-order valence-corrected chi connectivity index (χ0v) is 15.3. The van der Waals surface area contributed by atoms with Crippen LogP contribution in [0.3, 0.4) is 0 Å². The van der Waals surface area contributed by atoms with Crippen LogP contribution in [-0.2, 0) is 27.0 Å². The molecule has 7 nitrogen and oxygen atoms in total. The third-order valence-corrected chi connectivity index (χ3v) is 4.64. The number of nitrogens with one attached hydrogen (secondary N) is 1. The maximum Gasteiger partial charge on any atom is 0.228 e. The van der Waals surface area contributed by atoms with E-state index in [4.69, 9.17) is 26.2 Å². The van der Waals surface area contributed by atoms with Gasteiger partial charge in [0.25, 0.3) is 0 Å². The number of nitrogens with two attached hydrogens (primary N) is 1. The summed E-state index contributed by atoms with van der Waals surface area (Å²) in [6.07, 6.45) is 0.106. The van der Waals surface area contributed by atoms with E-state index in [1.807, 2.05) is 0 Å². The highest BCUT2D eigenvalue weighted by Crippen LogP contribution is 2.38. The summed E-state index contributed by atoms with van der Waals surface area (Å²) < 4.78 is 33.1. The molecular weight excluding hydrogens is 380 g/mol. The fraction of sp³-hybridized carbons (Fsp3) is 0.235. The largest absolute Gasteiger partial charge is 0.486 e. The highest BCUT2D eigenvalue weighted by atomic mass is 35.5. The minimum absolute atomic E-state index is 0.106. The van der Waals surface area contributed by atoms with Crippen molar-refractivity contribution < 1.29 is 22.7 Å². The number of carbonyl (C=O) groups excluding carboxylic acids is 1. The van der Waals surface area contributed by atoms with Crippen molar-refractivity contribution in [3.05, 3.63) is 52.5 Å². The molecule has 3 N–H and O–H groups in total. The first-order chi connectivity index (χ1) is 12.3. The number of hydrogen-bond acceptors (Lipinski definition) is 5. The molecular formula is C17H17ClN2O5S. The van der Waals surface area contributed by atoms with E-state index in [0.29, 0.717) is 46.5 Å². The van der Waals surface area contributed by atoms with Crippen molar-refractivity contribution in [2.24, 2.45) is 5.14 Å². The molecule has 26 heavy (non-hydrogen) atoms. The number of halogens is 1. The number of benzene rings is 2. The molecule has 0 atom stereocenters. The monoisotopic (exact) mass is 396 g/mol. The Kier molecular flexibility index (Phi) is 5.36. The summed E-state index contributed by atoms with van der Waals surface area (Å²) in [7, 11) is -3.59. The lowest BCUT2D eigenvalue weighted by atomic mass is 10.1. The van der Waals surface area contributed by atoms with Gasteiger partial charge in [0.15, 0.2) is 11.5 Å². The fourth-order valence-electron chi connectivity index (χ4n) is 2.57. The lowest BCUT2D eigenvalue weighted by molar-refractivity contribution is -0.115. The molecule has 0 saturated heterocycles. The Balaban J connectivity index is 1.65. The molecule has 1 amide bonds. The van der Waals surface area contributed by atoms with E-state index in [1.165, 1.54) is 0 Å². The maximum atomic E-state index is 12.2. The van der Waals surface area contributed by atoms with Crippen molar-refractivity contribution in [3.8, 4) is 11.5 Å². The molecule has 0 aromatic heterocycles. The normalized spacial score (nSPS) is 13.3. The highest BCUT2D eigenvalue weighted by Gasteiger charge is 2.17. The van der Waals surface area contributed by atoms with Crippen LogP contribution in [0.2, 0.25) is 5.02 Å². The van der Waals surface area contributed by atoms with Gasteiger partial charge in [0, 0.05) is 5.69 Å². The van der Waals surface area contributed by atoms with Crippen molar-refractivity contribution in [2.75, 3.05) is 18.5 Å². The number of anilines is 1. The van der Waals surface area contributed by atoms with Crippen molar-refractivity contribution in [1.29, 1.82) is 0 Å². The van der Waals surface area contributed by atoms with Gasteiger partial charge in [-0.3, -0.25) is 4.79 Å². The second-order valence-electron chi connectivity index (χ2n) is 5.83. The molecule has 0 fully saturated rings. The Morgan fingerprint density at radius 1 is 1.12 bits per heavy atom. The number of sulfonamides is 1. The zero-order chi connectivity index (χ0) is 18.7. The molecule has 3 rings (SSSR count). The maximum absolute atomic E-state index is 12.2.